The van der Waals surface area contributed by atoms with E-state index in [0.29, 0.717) is 17.9 Å². The minimum absolute atomic E-state index is 0.0145. The van der Waals surface area contributed by atoms with E-state index >= 15 is 0 Å². The van der Waals surface area contributed by atoms with E-state index in [2.05, 4.69) is 13.8 Å². The zero-order chi connectivity index (χ0) is 24.8. The zero-order valence-electron chi connectivity index (χ0n) is 20.0. The van der Waals surface area contributed by atoms with Crippen LogP contribution in [-0.2, 0) is 6.61 Å². The van der Waals surface area contributed by atoms with Crippen molar-refractivity contribution in [2.45, 2.75) is 33.3 Å². The molecule has 0 unspecified atom stereocenters. The fourth-order valence-electron chi connectivity index (χ4n) is 3.52. The molecule has 34 heavy (non-hydrogen) atoms. The predicted octanol–water partition coefficient (Wildman–Crippen LogP) is 6.97. The molecular weight excluding hydrogens is 452 g/mol. The Hall–Kier alpha value is -3.44. The van der Waals surface area contributed by atoms with E-state index in [1.54, 1.807) is 19.3 Å². The highest BCUT2D eigenvalue weighted by atomic mass is 35.5. The van der Waals surface area contributed by atoms with Crippen LogP contribution in [0.1, 0.15) is 52.4 Å². The fraction of sp³-hybridized carbons (Fsp3) is 0.250. The highest BCUT2D eigenvalue weighted by molar-refractivity contribution is 6.31. The lowest BCUT2D eigenvalue weighted by Gasteiger charge is -2.17. The zero-order valence-corrected chi connectivity index (χ0v) is 20.8. The Morgan fingerprint density at radius 1 is 1.00 bits per heavy atom. The first-order valence-electron chi connectivity index (χ1n) is 10.9. The third-order valence-electron chi connectivity index (χ3n) is 5.49. The van der Waals surface area contributed by atoms with Gasteiger partial charge in [0.2, 0.25) is 0 Å². The third kappa shape index (κ3) is 5.91. The molecule has 0 aliphatic carbocycles. The van der Waals surface area contributed by atoms with Gasteiger partial charge in [0.05, 0.1) is 14.2 Å². The average Bonchev–Trinajstić information content (AvgIpc) is 2.83. The first-order chi connectivity index (χ1) is 16.2. The van der Waals surface area contributed by atoms with Crippen molar-refractivity contribution in [2.75, 3.05) is 14.2 Å². The molecule has 5 nitrogen and oxygen atoms in total. The van der Waals surface area contributed by atoms with Crippen molar-refractivity contribution < 1.29 is 24.1 Å². The highest BCUT2D eigenvalue weighted by Gasteiger charge is 2.13. The Morgan fingerprint density at radius 2 is 1.74 bits per heavy atom. The first-order valence-corrected chi connectivity index (χ1v) is 11.3. The lowest BCUT2D eigenvalue weighted by atomic mass is 10.0. The number of carbonyl (C=O) groups excluding carboxylic acids is 1. The molecule has 0 saturated heterocycles. The minimum Gasteiger partial charge on any atom is -0.504 e. The van der Waals surface area contributed by atoms with Crippen molar-refractivity contribution in [3.05, 3.63) is 87.4 Å². The van der Waals surface area contributed by atoms with Gasteiger partial charge < -0.3 is 19.3 Å². The van der Waals surface area contributed by atoms with Crippen molar-refractivity contribution in [3.63, 3.8) is 0 Å². The quantitative estimate of drug-likeness (QED) is 0.264. The molecule has 0 bridgehead atoms. The van der Waals surface area contributed by atoms with Gasteiger partial charge in [0.1, 0.15) is 18.1 Å². The van der Waals surface area contributed by atoms with Crippen LogP contribution >= 0.6 is 11.6 Å². The van der Waals surface area contributed by atoms with Crippen molar-refractivity contribution >= 4 is 23.5 Å². The maximum absolute atomic E-state index is 12.6. The number of ether oxygens (including phenoxy) is 3. The van der Waals surface area contributed by atoms with Gasteiger partial charge in [0, 0.05) is 16.1 Å². The van der Waals surface area contributed by atoms with E-state index < -0.39 is 0 Å². The molecule has 0 fully saturated rings. The first kappa shape index (κ1) is 25.2. The number of aryl methyl sites for hydroxylation is 1. The Labute approximate surface area is 205 Å². The Bertz CT molecular complexity index is 1210. The molecule has 0 atom stereocenters. The number of halogens is 1. The summed E-state index contributed by atoms with van der Waals surface area (Å²) < 4.78 is 16.8. The van der Waals surface area contributed by atoms with Gasteiger partial charge in [-0.15, -0.1) is 0 Å². The second-order valence-electron chi connectivity index (χ2n) is 8.24. The summed E-state index contributed by atoms with van der Waals surface area (Å²) in [5.74, 6) is 1.78. The Morgan fingerprint density at radius 3 is 2.41 bits per heavy atom. The molecule has 0 aliphatic rings. The lowest BCUT2D eigenvalue weighted by molar-refractivity contribution is 0.104. The highest BCUT2D eigenvalue weighted by Crippen LogP contribution is 2.33. The van der Waals surface area contributed by atoms with Crippen LogP contribution in [0.4, 0.5) is 0 Å². The van der Waals surface area contributed by atoms with E-state index in [0.717, 1.165) is 33.0 Å². The van der Waals surface area contributed by atoms with Crippen LogP contribution in [0.15, 0.2) is 54.6 Å². The molecule has 0 aromatic heterocycles. The van der Waals surface area contributed by atoms with Crippen LogP contribution in [0.25, 0.3) is 6.08 Å². The number of rotatable bonds is 9. The van der Waals surface area contributed by atoms with E-state index in [9.17, 15) is 9.90 Å². The number of hydrogen-bond acceptors (Lipinski definition) is 5. The molecule has 3 aromatic carbocycles. The Kier molecular flexibility index (Phi) is 8.24. The summed E-state index contributed by atoms with van der Waals surface area (Å²) in [6.45, 7) is 6.45. The van der Waals surface area contributed by atoms with E-state index in [1.807, 2.05) is 37.3 Å². The molecule has 6 heteroatoms. The summed E-state index contributed by atoms with van der Waals surface area (Å²) in [6, 6.07) is 14.1. The third-order valence-corrected chi connectivity index (χ3v) is 5.90. The van der Waals surface area contributed by atoms with Gasteiger partial charge in [-0.3, -0.25) is 4.79 Å². The molecule has 0 radical (unpaired) electrons. The summed E-state index contributed by atoms with van der Waals surface area (Å²) in [5, 5.41) is 10.4. The molecule has 3 rings (SSSR count). The number of allylic oxidation sites excluding steroid dienone is 1. The molecule has 3 aromatic rings. The second kappa shape index (κ2) is 11.1. The van der Waals surface area contributed by atoms with Crippen LogP contribution < -0.4 is 14.2 Å². The van der Waals surface area contributed by atoms with E-state index in [-0.39, 0.29) is 23.2 Å². The smallest absolute Gasteiger partial charge is 0.185 e. The summed E-state index contributed by atoms with van der Waals surface area (Å²) in [5.41, 5.74) is 4.09. The number of benzene rings is 3. The van der Waals surface area contributed by atoms with Gasteiger partial charge in [-0.05, 0) is 78.1 Å². The molecule has 0 spiro atoms. The number of hydrogen-bond donors (Lipinski definition) is 1. The lowest BCUT2D eigenvalue weighted by Crippen LogP contribution is -2.03. The molecule has 178 valence electrons. The van der Waals surface area contributed by atoms with Crippen molar-refractivity contribution in [1.82, 2.24) is 0 Å². The topological polar surface area (TPSA) is 65.0 Å². The number of aromatic hydroxyl groups is 1. The average molecular weight is 481 g/mol. The van der Waals surface area contributed by atoms with Crippen molar-refractivity contribution in [2.24, 2.45) is 0 Å². The van der Waals surface area contributed by atoms with Gasteiger partial charge in [-0.25, -0.2) is 0 Å². The molecule has 0 amide bonds. The van der Waals surface area contributed by atoms with Crippen LogP contribution in [0, 0.1) is 6.92 Å². The number of methoxy groups -OCH3 is 2. The maximum Gasteiger partial charge on any atom is 0.185 e. The van der Waals surface area contributed by atoms with E-state index in [1.165, 1.54) is 25.3 Å². The normalized spacial score (nSPS) is 11.1. The van der Waals surface area contributed by atoms with E-state index in [4.69, 9.17) is 25.8 Å². The van der Waals surface area contributed by atoms with Crippen LogP contribution in [-0.4, -0.2) is 25.1 Å². The summed E-state index contributed by atoms with van der Waals surface area (Å²) in [7, 11) is 3.05. The van der Waals surface area contributed by atoms with Crippen LogP contribution in [0.2, 0.25) is 5.02 Å². The molecular formula is C28H29ClO5. The van der Waals surface area contributed by atoms with Gasteiger partial charge in [-0.1, -0.05) is 37.6 Å². The number of phenols is 1. The van der Waals surface area contributed by atoms with Gasteiger partial charge >= 0.3 is 0 Å². The summed E-state index contributed by atoms with van der Waals surface area (Å²) >= 11 is 6.31. The minimum atomic E-state index is -0.204. The number of phenolic OH excluding ortho intramolecular Hbond substituents is 1. The SMILES string of the molecule is COc1cc(C(=O)/C=C/c2ccc(OC)c(COc3cc(C)c(Cl)cc3C(C)C)c2)ccc1O. The molecule has 1 N–H and O–H groups in total. The predicted molar refractivity (Wildman–Crippen MR) is 136 cm³/mol. The molecule has 0 saturated carbocycles. The number of carbonyl (C=O) groups is 1. The summed E-state index contributed by atoms with van der Waals surface area (Å²) in [4.78, 5) is 12.6. The van der Waals surface area contributed by atoms with Crippen LogP contribution in [0.3, 0.4) is 0 Å². The fourth-order valence-corrected chi connectivity index (χ4v) is 3.69. The summed E-state index contributed by atoms with van der Waals surface area (Å²) in [6.07, 6.45) is 3.22. The molecule has 0 aliphatic heterocycles. The number of ketones is 1. The van der Waals surface area contributed by atoms with Crippen LogP contribution in [0.5, 0.6) is 23.0 Å². The van der Waals surface area contributed by atoms with Crippen molar-refractivity contribution in [1.29, 1.82) is 0 Å². The van der Waals surface area contributed by atoms with Gasteiger partial charge in [0.15, 0.2) is 17.3 Å². The standard InChI is InChI=1S/C28H29ClO5/c1-17(2)22-15-23(29)18(3)12-27(22)34-16-21-13-19(7-11-26(21)32-4)6-9-24(30)20-8-10-25(31)28(14-20)33-5/h6-15,17,31H,16H2,1-5H3/b9-6+. The van der Waals surface area contributed by atoms with Gasteiger partial charge in [-0.2, -0.15) is 0 Å². The molecule has 0 heterocycles. The largest absolute Gasteiger partial charge is 0.504 e. The van der Waals surface area contributed by atoms with Crippen molar-refractivity contribution in [3.8, 4) is 23.0 Å². The van der Waals surface area contributed by atoms with Gasteiger partial charge in [0.25, 0.3) is 0 Å². The monoisotopic (exact) mass is 480 g/mol. The second-order valence-corrected chi connectivity index (χ2v) is 8.65. The Balaban J connectivity index is 1.81. The maximum atomic E-state index is 12.6.